The first-order chi connectivity index (χ1) is 16.7. The van der Waals surface area contributed by atoms with Gasteiger partial charge in [-0.15, -0.1) is 0 Å². The summed E-state index contributed by atoms with van der Waals surface area (Å²) >= 11 is 0. The summed E-state index contributed by atoms with van der Waals surface area (Å²) in [4.78, 5) is 21.7. The molecule has 0 unspecified atom stereocenters. The van der Waals surface area contributed by atoms with E-state index in [1.165, 1.54) is 22.9 Å². The molecule has 5 rings (SSSR count). The highest BCUT2D eigenvalue weighted by atomic mass is 19.1. The van der Waals surface area contributed by atoms with Crippen LogP contribution in [0, 0.1) is 5.82 Å². The Kier molecular flexibility index (Phi) is 6.26. The minimum atomic E-state index is -0.499. The van der Waals surface area contributed by atoms with Crippen molar-refractivity contribution in [2.75, 3.05) is 11.4 Å². The number of cyclic esters (lactones) is 1. The van der Waals surface area contributed by atoms with E-state index in [-0.39, 0.29) is 6.10 Å². The number of rotatable bonds is 8. The fraction of sp³-hybridized carbons (Fsp3) is 0.200. The monoisotopic (exact) mass is 458 g/mol. The Morgan fingerprint density at radius 2 is 1.76 bits per heavy atom. The number of carbonyl (C=O) groups is 1. The summed E-state index contributed by atoms with van der Waals surface area (Å²) in [7, 11) is 0. The zero-order valence-electron chi connectivity index (χ0n) is 18.3. The molecule has 0 aliphatic carbocycles. The van der Waals surface area contributed by atoms with Gasteiger partial charge in [-0.2, -0.15) is 5.10 Å². The van der Waals surface area contributed by atoms with Crippen LogP contribution in [0.25, 0.3) is 11.1 Å². The van der Waals surface area contributed by atoms with E-state index in [1.54, 1.807) is 35.5 Å². The number of amides is 1. The molecule has 1 aliphatic heterocycles. The molecule has 0 radical (unpaired) electrons. The molecule has 0 spiro atoms. The number of benzene rings is 2. The predicted molar refractivity (Wildman–Crippen MR) is 124 cm³/mol. The smallest absolute Gasteiger partial charge is 0.414 e. The van der Waals surface area contributed by atoms with E-state index >= 15 is 0 Å². The van der Waals surface area contributed by atoms with Gasteiger partial charge >= 0.3 is 6.09 Å². The van der Waals surface area contributed by atoms with Gasteiger partial charge in [0.2, 0.25) is 0 Å². The van der Waals surface area contributed by atoms with E-state index in [9.17, 15) is 9.18 Å². The van der Waals surface area contributed by atoms with Crippen molar-refractivity contribution in [3.8, 4) is 11.1 Å². The molecule has 34 heavy (non-hydrogen) atoms. The van der Waals surface area contributed by atoms with Crippen LogP contribution < -0.4 is 10.2 Å². The van der Waals surface area contributed by atoms with E-state index in [2.05, 4.69) is 20.4 Å². The molecule has 2 aromatic heterocycles. The lowest BCUT2D eigenvalue weighted by Gasteiger charge is -2.14. The minimum absolute atomic E-state index is 0.318. The number of ether oxygens (including phenoxy) is 1. The molecule has 8 nitrogen and oxygen atoms in total. The lowest BCUT2D eigenvalue weighted by molar-refractivity contribution is 0.129. The molecule has 3 heterocycles. The van der Waals surface area contributed by atoms with Crippen molar-refractivity contribution in [3.05, 3.63) is 96.6 Å². The highest BCUT2D eigenvalue weighted by Gasteiger charge is 2.33. The number of nitrogens with one attached hydrogen (secondary N) is 1. The summed E-state index contributed by atoms with van der Waals surface area (Å²) in [5.41, 5.74) is 3.99. The van der Waals surface area contributed by atoms with Crippen molar-refractivity contribution < 1.29 is 13.9 Å². The number of pyridine rings is 1. The summed E-state index contributed by atoms with van der Waals surface area (Å²) in [6, 6.07) is 16.5. The van der Waals surface area contributed by atoms with Crippen molar-refractivity contribution in [1.29, 1.82) is 0 Å². The predicted octanol–water partition coefficient (Wildman–Crippen LogP) is 3.79. The van der Waals surface area contributed by atoms with Crippen molar-refractivity contribution in [2.24, 2.45) is 0 Å². The van der Waals surface area contributed by atoms with Crippen LogP contribution in [0.5, 0.6) is 0 Å². The van der Waals surface area contributed by atoms with Gasteiger partial charge in [-0.05, 0) is 47.0 Å². The first-order valence-corrected chi connectivity index (χ1v) is 10.9. The molecular weight excluding hydrogens is 435 g/mol. The van der Waals surface area contributed by atoms with Gasteiger partial charge in [-0.3, -0.25) is 9.88 Å². The number of nitrogens with zero attached hydrogens (tertiary/aromatic N) is 5. The number of aromatic nitrogens is 4. The van der Waals surface area contributed by atoms with E-state index in [4.69, 9.17) is 4.74 Å². The van der Waals surface area contributed by atoms with Crippen LogP contribution in [-0.2, 0) is 24.4 Å². The third kappa shape index (κ3) is 4.94. The van der Waals surface area contributed by atoms with Crippen LogP contribution in [0.15, 0.2) is 79.6 Å². The average molecular weight is 458 g/mol. The second kappa shape index (κ2) is 9.80. The molecular formula is C25H23FN6O2. The largest absolute Gasteiger partial charge is 0.442 e. The Balaban J connectivity index is 1.21. The number of anilines is 1. The van der Waals surface area contributed by atoms with Crippen LogP contribution in [0.3, 0.4) is 0 Å². The van der Waals surface area contributed by atoms with Gasteiger partial charge in [0.05, 0.1) is 18.8 Å². The molecule has 1 aliphatic rings. The zero-order chi connectivity index (χ0) is 23.3. The normalized spacial score (nSPS) is 15.5. The van der Waals surface area contributed by atoms with Gasteiger partial charge in [0, 0.05) is 31.0 Å². The van der Waals surface area contributed by atoms with Crippen molar-refractivity contribution in [3.63, 3.8) is 0 Å². The Hall–Kier alpha value is -4.11. The topological polar surface area (TPSA) is 85.2 Å². The van der Waals surface area contributed by atoms with Crippen molar-refractivity contribution in [1.82, 2.24) is 25.1 Å². The molecule has 1 fully saturated rings. The maximum atomic E-state index is 15.0. The van der Waals surface area contributed by atoms with Gasteiger partial charge in [-0.1, -0.05) is 24.3 Å². The minimum Gasteiger partial charge on any atom is -0.442 e. The van der Waals surface area contributed by atoms with Crippen LogP contribution in [0.2, 0.25) is 0 Å². The zero-order valence-corrected chi connectivity index (χ0v) is 18.3. The van der Waals surface area contributed by atoms with Crippen LogP contribution in [0.1, 0.15) is 11.1 Å². The highest BCUT2D eigenvalue weighted by Crippen LogP contribution is 2.29. The molecule has 9 heteroatoms. The summed E-state index contributed by atoms with van der Waals surface area (Å²) in [5.74, 6) is -0.395. The lowest BCUT2D eigenvalue weighted by atomic mass is 10.0. The molecule has 1 N–H and O–H groups in total. The third-order valence-electron chi connectivity index (χ3n) is 5.67. The number of hydrogen-bond donors (Lipinski definition) is 1. The Labute approximate surface area is 196 Å². The molecule has 172 valence electrons. The van der Waals surface area contributed by atoms with Gasteiger partial charge in [-0.25, -0.2) is 18.9 Å². The maximum absolute atomic E-state index is 15.0. The molecule has 0 bridgehead atoms. The maximum Gasteiger partial charge on any atom is 0.414 e. The van der Waals surface area contributed by atoms with Gasteiger partial charge in [0.1, 0.15) is 24.6 Å². The first kappa shape index (κ1) is 21.7. The molecule has 1 amide bonds. The molecule has 0 saturated carbocycles. The lowest BCUT2D eigenvalue weighted by Crippen LogP contribution is -2.26. The van der Waals surface area contributed by atoms with Crippen LogP contribution in [-0.4, -0.2) is 38.5 Å². The van der Waals surface area contributed by atoms with E-state index in [0.717, 1.165) is 17.7 Å². The number of carbonyl (C=O) groups excluding carboxylic acids is 1. The van der Waals surface area contributed by atoms with Gasteiger partial charge in [0.15, 0.2) is 0 Å². The molecule has 1 atom stereocenters. The third-order valence-corrected chi connectivity index (χ3v) is 5.67. The Morgan fingerprint density at radius 3 is 2.47 bits per heavy atom. The van der Waals surface area contributed by atoms with Crippen LogP contribution in [0.4, 0.5) is 14.9 Å². The van der Waals surface area contributed by atoms with Crippen molar-refractivity contribution >= 4 is 11.8 Å². The summed E-state index contributed by atoms with van der Waals surface area (Å²) < 4.78 is 22.0. The van der Waals surface area contributed by atoms with E-state index in [0.29, 0.717) is 30.9 Å². The second-order valence-corrected chi connectivity index (χ2v) is 8.05. The molecule has 1 saturated heterocycles. The molecule has 4 aromatic rings. The first-order valence-electron chi connectivity index (χ1n) is 10.9. The second-order valence-electron chi connectivity index (χ2n) is 8.05. The van der Waals surface area contributed by atoms with Gasteiger partial charge < -0.3 is 10.1 Å². The average Bonchev–Trinajstić information content (AvgIpc) is 3.50. The standard InChI is InChI=1S/C25H23FN6O2/c26-24-11-21(32-15-22(34-25(32)33)14-31-17-29-16-30-31)5-6-23(24)20-3-1-18(2-4-20)12-28-13-19-7-9-27-10-8-19/h1-11,16-17,22,28H,12-15H2/t22-/m0/s1. The highest BCUT2D eigenvalue weighted by molar-refractivity contribution is 5.90. The van der Waals surface area contributed by atoms with Crippen molar-refractivity contribution in [2.45, 2.75) is 25.7 Å². The number of halogens is 1. The van der Waals surface area contributed by atoms with E-state index < -0.39 is 11.9 Å². The summed E-state index contributed by atoms with van der Waals surface area (Å²) in [6.07, 6.45) is 5.66. The van der Waals surface area contributed by atoms with E-state index in [1.807, 2.05) is 36.4 Å². The summed E-state index contributed by atoms with van der Waals surface area (Å²) in [5, 5.41) is 7.42. The van der Waals surface area contributed by atoms with Crippen LogP contribution >= 0.6 is 0 Å². The number of hydrogen-bond acceptors (Lipinski definition) is 6. The fourth-order valence-corrected chi connectivity index (χ4v) is 3.92. The van der Waals surface area contributed by atoms with Gasteiger partial charge in [0.25, 0.3) is 0 Å². The summed E-state index contributed by atoms with van der Waals surface area (Å²) in [6.45, 7) is 2.17. The quantitative estimate of drug-likeness (QED) is 0.432. The fourth-order valence-electron chi connectivity index (χ4n) is 3.92. The molecule has 2 aromatic carbocycles. The Morgan fingerprint density at radius 1 is 1.00 bits per heavy atom. The Bertz CT molecular complexity index is 1250. The SMILES string of the molecule is O=C1O[C@@H](Cn2cncn2)CN1c1ccc(-c2ccc(CNCc3ccncc3)cc2)c(F)c1.